The number of allylic oxidation sites excluding steroid dienone is 2. The Hall–Kier alpha value is -1.21. The highest BCUT2D eigenvalue weighted by Crippen LogP contribution is 2.31. The maximum Gasteiger partial charge on any atom is 0.0666 e. The predicted molar refractivity (Wildman–Crippen MR) is 58.0 cm³/mol. The van der Waals surface area contributed by atoms with Gasteiger partial charge in [0.2, 0.25) is 0 Å². The van der Waals surface area contributed by atoms with Gasteiger partial charge in [0.1, 0.15) is 0 Å². The van der Waals surface area contributed by atoms with Gasteiger partial charge in [-0.15, -0.1) is 0 Å². The maximum atomic E-state index is 6.10. The molecule has 1 aliphatic heterocycles. The van der Waals surface area contributed by atoms with Crippen LogP contribution in [0, 0.1) is 0 Å². The third kappa shape index (κ3) is 1.47. The fourth-order valence-corrected chi connectivity index (χ4v) is 1.77. The zero-order chi connectivity index (χ0) is 9.26. The second kappa shape index (κ2) is 3.27. The number of hydrogen-bond acceptors (Lipinski definition) is 1. The topological polar surface area (TPSA) is 3.24 Å². The first kappa shape index (κ1) is 8.39. The molecule has 1 aromatic rings. The van der Waals surface area contributed by atoms with Crippen LogP contribution in [-0.2, 0) is 0 Å². The van der Waals surface area contributed by atoms with Crippen molar-refractivity contribution in [3.63, 3.8) is 0 Å². The van der Waals surface area contributed by atoms with E-state index in [1.54, 1.807) is 0 Å². The van der Waals surface area contributed by atoms with Crippen LogP contribution in [0.1, 0.15) is 5.56 Å². The summed E-state index contributed by atoms with van der Waals surface area (Å²) in [6.45, 7) is 0. The fourth-order valence-electron chi connectivity index (χ4n) is 1.45. The van der Waals surface area contributed by atoms with Gasteiger partial charge in [-0.3, -0.25) is 0 Å². The van der Waals surface area contributed by atoms with Crippen molar-refractivity contribution in [2.24, 2.45) is 0 Å². The molecule has 0 N–H and O–H groups in total. The molecule has 1 aromatic carbocycles. The molecule has 2 rings (SSSR count). The van der Waals surface area contributed by atoms with Crippen molar-refractivity contribution in [3.05, 3.63) is 47.1 Å². The van der Waals surface area contributed by atoms with Crippen molar-refractivity contribution in [2.75, 3.05) is 11.9 Å². The Morgan fingerprint density at radius 1 is 1.23 bits per heavy atom. The lowest BCUT2D eigenvalue weighted by Crippen LogP contribution is -2.08. The van der Waals surface area contributed by atoms with Gasteiger partial charge in [-0.1, -0.05) is 35.9 Å². The summed E-state index contributed by atoms with van der Waals surface area (Å²) in [5.41, 5.74) is 2.22. The number of para-hydroxylation sites is 1. The summed E-state index contributed by atoms with van der Waals surface area (Å²) in [4.78, 5) is 2.03. The van der Waals surface area contributed by atoms with Gasteiger partial charge in [0.25, 0.3) is 0 Å². The molecule has 0 aliphatic carbocycles. The van der Waals surface area contributed by atoms with Crippen LogP contribution in [0.2, 0.25) is 5.02 Å². The van der Waals surface area contributed by atoms with E-state index in [0.717, 1.165) is 16.3 Å². The number of halogens is 1. The first-order chi connectivity index (χ1) is 6.29. The van der Waals surface area contributed by atoms with Crippen LogP contribution in [0.3, 0.4) is 0 Å². The molecule has 1 heterocycles. The highest BCUT2D eigenvalue weighted by molar-refractivity contribution is 6.33. The van der Waals surface area contributed by atoms with E-state index in [1.807, 2.05) is 42.4 Å². The van der Waals surface area contributed by atoms with E-state index < -0.39 is 0 Å². The Balaban J connectivity index is 2.64. The molecule has 0 saturated carbocycles. The van der Waals surface area contributed by atoms with Gasteiger partial charge in [0, 0.05) is 13.2 Å². The first-order valence-corrected chi connectivity index (χ1v) is 4.53. The fraction of sp³-hybridized carbons (Fsp3) is 0.0909. The molecule has 0 atom stereocenters. The third-order valence-electron chi connectivity index (χ3n) is 2.07. The van der Waals surface area contributed by atoms with Crippen molar-refractivity contribution in [1.82, 2.24) is 0 Å². The summed E-state index contributed by atoms with van der Waals surface area (Å²) in [6, 6.07) is 5.93. The molecule has 66 valence electrons. The van der Waals surface area contributed by atoms with E-state index in [0.29, 0.717) is 0 Å². The van der Waals surface area contributed by atoms with Crippen molar-refractivity contribution in [2.45, 2.75) is 0 Å². The number of nitrogens with zero attached hydrogens (tertiary/aromatic N) is 1. The number of fused-ring (bicyclic) bond motifs is 1. The summed E-state index contributed by atoms with van der Waals surface area (Å²) >= 11 is 6.10. The lowest BCUT2D eigenvalue weighted by Gasteiger charge is -2.17. The summed E-state index contributed by atoms with van der Waals surface area (Å²) in [7, 11) is 1.99. The smallest absolute Gasteiger partial charge is 0.0666 e. The van der Waals surface area contributed by atoms with Crippen LogP contribution in [0.5, 0.6) is 0 Å². The molecule has 0 bridgehead atoms. The zero-order valence-electron chi connectivity index (χ0n) is 7.37. The van der Waals surface area contributed by atoms with Crippen molar-refractivity contribution in [1.29, 1.82) is 0 Å². The Morgan fingerprint density at radius 2 is 2.08 bits per heavy atom. The number of hydrogen-bond donors (Lipinski definition) is 0. The molecule has 1 aliphatic rings. The van der Waals surface area contributed by atoms with Gasteiger partial charge in [0.05, 0.1) is 10.7 Å². The number of anilines is 1. The normalized spacial score (nSPS) is 14.2. The van der Waals surface area contributed by atoms with Crippen LogP contribution in [-0.4, -0.2) is 7.05 Å². The lowest BCUT2D eigenvalue weighted by molar-refractivity contribution is 1.20. The van der Waals surface area contributed by atoms with Crippen LogP contribution >= 0.6 is 11.6 Å². The van der Waals surface area contributed by atoms with E-state index in [1.165, 1.54) is 0 Å². The molecule has 1 nitrogen and oxygen atoms in total. The van der Waals surface area contributed by atoms with Crippen LogP contribution in [0.4, 0.5) is 5.69 Å². The van der Waals surface area contributed by atoms with E-state index in [-0.39, 0.29) is 0 Å². The van der Waals surface area contributed by atoms with E-state index in [4.69, 9.17) is 11.6 Å². The van der Waals surface area contributed by atoms with Gasteiger partial charge in [0.15, 0.2) is 0 Å². The summed E-state index contributed by atoms with van der Waals surface area (Å²) in [5, 5.41) is 0.788. The van der Waals surface area contributed by atoms with Gasteiger partial charge in [-0.2, -0.15) is 0 Å². The molecule has 13 heavy (non-hydrogen) atoms. The quantitative estimate of drug-likeness (QED) is 0.608. The Labute approximate surface area is 82.9 Å². The predicted octanol–water partition coefficient (Wildman–Crippen LogP) is 3.32. The maximum absolute atomic E-state index is 6.10. The second-order valence-electron chi connectivity index (χ2n) is 2.99. The van der Waals surface area contributed by atoms with Gasteiger partial charge >= 0.3 is 0 Å². The van der Waals surface area contributed by atoms with Crippen LogP contribution < -0.4 is 4.90 Å². The molecule has 0 radical (unpaired) electrons. The first-order valence-electron chi connectivity index (χ1n) is 4.15. The number of rotatable bonds is 0. The van der Waals surface area contributed by atoms with E-state index in [9.17, 15) is 0 Å². The Bertz CT molecular complexity index is 380. The molecule has 0 amide bonds. The highest BCUT2D eigenvalue weighted by atomic mass is 35.5. The Kier molecular flexibility index (Phi) is 2.11. The van der Waals surface area contributed by atoms with E-state index >= 15 is 0 Å². The minimum Gasteiger partial charge on any atom is -0.349 e. The average Bonchev–Trinajstić information content (AvgIpc) is 2.29. The summed E-state index contributed by atoms with van der Waals surface area (Å²) in [6.07, 6.45) is 8.06. The minimum atomic E-state index is 0.788. The zero-order valence-corrected chi connectivity index (χ0v) is 8.12. The van der Waals surface area contributed by atoms with Crippen molar-refractivity contribution in [3.8, 4) is 0 Å². The average molecular weight is 192 g/mol. The molecule has 0 fully saturated rings. The molecule has 0 unspecified atom stereocenters. The van der Waals surface area contributed by atoms with Crippen molar-refractivity contribution < 1.29 is 0 Å². The molecule has 0 spiro atoms. The molecule has 2 heteroatoms. The summed E-state index contributed by atoms with van der Waals surface area (Å²) < 4.78 is 0. The SMILES string of the molecule is CN1C=CC=Cc2cccc(Cl)c21. The van der Waals surface area contributed by atoms with Crippen molar-refractivity contribution >= 4 is 23.4 Å². The third-order valence-corrected chi connectivity index (χ3v) is 2.37. The summed E-state index contributed by atoms with van der Waals surface area (Å²) in [5.74, 6) is 0. The molecular formula is C11H10ClN. The lowest BCUT2D eigenvalue weighted by atomic mass is 10.1. The second-order valence-corrected chi connectivity index (χ2v) is 3.40. The minimum absolute atomic E-state index is 0.788. The largest absolute Gasteiger partial charge is 0.349 e. The number of benzene rings is 1. The van der Waals surface area contributed by atoms with Crippen LogP contribution in [0.25, 0.3) is 6.08 Å². The van der Waals surface area contributed by atoms with E-state index in [2.05, 4.69) is 12.1 Å². The van der Waals surface area contributed by atoms with Crippen LogP contribution in [0.15, 0.2) is 36.6 Å². The molecule has 0 aromatic heterocycles. The standard InChI is InChI=1S/C11H10ClN/c1-13-8-3-2-5-9-6-4-7-10(12)11(9)13/h2-8H,1H3. The van der Waals surface area contributed by atoms with Gasteiger partial charge in [-0.25, -0.2) is 0 Å². The molecular weight excluding hydrogens is 182 g/mol. The van der Waals surface area contributed by atoms with Gasteiger partial charge < -0.3 is 4.90 Å². The highest BCUT2D eigenvalue weighted by Gasteiger charge is 2.08. The Morgan fingerprint density at radius 3 is 2.92 bits per heavy atom. The molecule has 0 saturated heterocycles. The monoisotopic (exact) mass is 191 g/mol. The van der Waals surface area contributed by atoms with Gasteiger partial charge in [-0.05, 0) is 17.7 Å².